The van der Waals surface area contributed by atoms with Gasteiger partial charge in [-0.15, -0.1) is 5.10 Å². The van der Waals surface area contributed by atoms with Crippen molar-refractivity contribution in [1.82, 2.24) is 20.3 Å². The lowest BCUT2D eigenvalue weighted by molar-refractivity contribution is -0.122. The summed E-state index contributed by atoms with van der Waals surface area (Å²) in [6, 6.07) is -0.499. The van der Waals surface area contributed by atoms with Crippen molar-refractivity contribution in [3.63, 3.8) is 0 Å². The van der Waals surface area contributed by atoms with Crippen molar-refractivity contribution >= 4 is 11.8 Å². The Balaban J connectivity index is 2.50. The molecule has 7 nitrogen and oxygen atoms in total. The van der Waals surface area contributed by atoms with Gasteiger partial charge in [-0.1, -0.05) is 37.8 Å². The summed E-state index contributed by atoms with van der Waals surface area (Å²) in [5.74, 6) is -0.548. The number of nitrogens with one attached hydrogen (secondary N) is 1. The Morgan fingerprint density at radius 2 is 2.00 bits per heavy atom. The smallest absolute Gasteiger partial charge is 0.220 e. The highest BCUT2D eigenvalue weighted by Gasteiger charge is 2.20. The SMILES string of the molecule is CCCCCCCC(=O)N[C@H](CC(N)=O)c1cn(CC)nn1. The summed E-state index contributed by atoms with van der Waals surface area (Å²) >= 11 is 0. The van der Waals surface area contributed by atoms with Crippen LogP contribution < -0.4 is 11.1 Å². The predicted molar refractivity (Wildman–Crippen MR) is 83.8 cm³/mol. The Kier molecular flexibility index (Phi) is 8.17. The summed E-state index contributed by atoms with van der Waals surface area (Å²) < 4.78 is 1.65. The highest BCUT2D eigenvalue weighted by atomic mass is 16.2. The van der Waals surface area contributed by atoms with Crippen LogP contribution in [0.25, 0.3) is 0 Å². The normalized spacial score (nSPS) is 12.1. The second kappa shape index (κ2) is 9.92. The minimum atomic E-state index is -0.499. The molecule has 7 heteroatoms. The number of carbonyl (C=O) groups is 2. The van der Waals surface area contributed by atoms with Gasteiger partial charge in [0.25, 0.3) is 0 Å². The minimum absolute atomic E-state index is 0.0317. The number of carbonyl (C=O) groups excluding carboxylic acids is 2. The average molecular weight is 309 g/mol. The molecule has 0 saturated heterocycles. The van der Waals surface area contributed by atoms with Crippen LogP contribution >= 0.6 is 0 Å². The van der Waals surface area contributed by atoms with Crippen molar-refractivity contribution in [3.8, 4) is 0 Å². The molecule has 1 heterocycles. The summed E-state index contributed by atoms with van der Waals surface area (Å²) in [6.07, 6.45) is 7.66. The summed E-state index contributed by atoms with van der Waals surface area (Å²) in [5.41, 5.74) is 5.82. The molecule has 0 aromatic carbocycles. The maximum absolute atomic E-state index is 12.0. The van der Waals surface area contributed by atoms with Gasteiger partial charge in [-0.3, -0.25) is 14.3 Å². The van der Waals surface area contributed by atoms with Crippen LogP contribution in [0.4, 0.5) is 0 Å². The van der Waals surface area contributed by atoms with E-state index in [-0.39, 0.29) is 12.3 Å². The van der Waals surface area contributed by atoms with Crippen molar-refractivity contribution in [1.29, 1.82) is 0 Å². The number of hydrogen-bond donors (Lipinski definition) is 2. The number of rotatable bonds is 11. The summed E-state index contributed by atoms with van der Waals surface area (Å²) in [5, 5.41) is 10.8. The van der Waals surface area contributed by atoms with Crippen LogP contribution in [0.5, 0.6) is 0 Å². The first kappa shape index (κ1) is 18.1. The molecule has 0 aliphatic carbocycles. The average Bonchev–Trinajstić information content (AvgIpc) is 2.95. The Morgan fingerprint density at radius 1 is 1.27 bits per heavy atom. The number of primary amides is 1. The first-order chi connectivity index (χ1) is 10.6. The van der Waals surface area contributed by atoms with E-state index in [4.69, 9.17) is 5.73 Å². The molecular weight excluding hydrogens is 282 g/mol. The number of hydrogen-bond acceptors (Lipinski definition) is 4. The van der Waals surface area contributed by atoms with Gasteiger partial charge in [0.2, 0.25) is 11.8 Å². The third-order valence-corrected chi connectivity index (χ3v) is 3.49. The third kappa shape index (κ3) is 6.69. The lowest BCUT2D eigenvalue weighted by Gasteiger charge is -2.14. The fourth-order valence-corrected chi connectivity index (χ4v) is 2.21. The van der Waals surface area contributed by atoms with Crippen molar-refractivity contribution in [2.24, 2.45) is 5.73 Å². The van der Waals surface area contributed by atoms with Gasteiger partial charge >= 0.3 is 0 Å². The number of amides is 2. The molecule has 0 aliphatic rings. The molecule has 1 atom stereocenters. The molecule has 0 aliphatic heterocycles. The first-order valence-corrected chi connectivity index (χ1v) is 8.04. The fraction of sp³-hybridized carbons (Fsp3) is 0.733. The lowest BCUT2D eigenvalue weighted by Crippen LogP contribution is -2.31. The highest BCUT2D eigenvalue weighted by Crippen LogP contribution is 2.14. The largest absolute Gasteiger partial charge is 0.370 e. The summed E-state index contributed by atoms with van der Waals surface area (Å²) in [6.45, 7) is 4.78. The maximum Gasteiger partial charge on any atom is 0.220 e. The van der Waals surface area contributed by atoms with E-state index in [0.29, 0.717) is 18.7 Å². The molecular formula is C15H27N5O2. The number of aromatic nitrogens is 3. The Labute approximate surface area is 131 Å². The summed E-state index contributed by atoms with van der Waals surface area (Å²) in [4.78, 5) is 23.2. The molecule has 0 unspecified atom stereocenters. The van der Waals surface area contributed by atoms with Crippen LogP contribution in [0.15, 0.2) is 6.20 Å². The fourth-order valence-electron chi connectivity index (χ4n) is 2.21. The van der Waals surface area contributed by atoms with E-state index < -0.39 is 11.9 Å². The standard InChI is InChI=1S/C15H27N5O2/c1-3-5-6-7-8-9-15(22)17-12(10-14(16)21)13-11-20(4-2)19-18-13/h11-12H,3-10H2,1-2H3,(H2,16,21)(H,17,22)/t12-/m1/s1. The molecule has 22 heavy (non-hydrogen) atoms. The molecule has 124 valence electrons. The molecule has 0 bridgehead atoms. The van der Waals surface area contributed by atoms with Gasteiger partial charge in [0.05, 0.1) is 18.7 Å². The van der Waals surface area contributed by atoms with E-state index in [1.54, 1.807) is 10.9 Å². The monoisotopic (exact) mass is 309 g/mol. The van der Waals surface area contributed by atoms with Gasteiger partial charge in [-0.05, 0) is 13.3 Å². The van der Waals surface area contributed by atoms with Gasteiger partial charge < -0.3 is 11.1 Å². The van der Waals surface area contributed by atoms with Gasteiger partial charge in [-0.2, -0.15) is 0 Å². The molecule has 1 rings (SSSR count). The zero-order valence-corrected chi connectivity index (χ0v) is 13.5. The second-order valence-corrected chi connectivity index (χ2v) is 5.45. The Hall–Kier alpha value is -1.92. The van der Waals surface area contributed by atoms with Crippen LogP contribution in [-0.2, 0) is 16.1 Å². The van der Waals surface area contributed by atoms with Crippen molar-refractivity contribution in [2.45, 2.75) is 71.4 Å². The molecule has 0 spiro atoms. The van der Waals surface area contributed by atoms with Crippen LogP contribution in [0.2, 0.25) is 0 Å². The Bertz CT molecular complexity index is 472. The van der Waals surface area contributed by atoms with E-state index in [2.05, 4.69) is 22.6 Å². The number of unbranched alkanes of at least 4 members (excludes halogenated alkanes) is 4. The molecule has 2 amide bonds. The van der Waals surface area contributed by atoms with Gasteiger partial charge in [0, 0.05) is 13.0 Å². The van der Waals surface area contributed by atoms with Crippen LogP contribution in [0, 0.1) is 0 Å². The first-order valence-electron chi connectivity index (χ1n) is 8.04. The van der Waals surface area contributed by atoms with Gasteiger partial charge in [0.1, 0.15) is 5.69 Å². The minimum Gasteiger partial charge on any atom is -0.370 e. The zero-order chi connectivity index (χ0) is 16.4. The van der Waals surface area contributed by atoms with E-state index in [0.717, 1.165) is 19.3 Å². The maximum atomic E-state index is 12.0. The van der Waals surface area contributed by atoms with Crippen LogP contribution in [0.3, 0.4) is 0 Å². The molecule has 0 radical (unpaired) electrons. The van der Waals surface area contributed by atoms with Crippen molar-refractivity contribution in [3.05, 3.63) is 11.9 Å². The van der Waals surface area contributed by atoms with Gasteiger partial charge in [0.15, 0.2) is 0 Å². The van der Waals surface area contributed by atoms with Crippen LogP contribution in [0.1, 0.15) is 70.5 Å². The molecule has 3 N–H and O–H groups in total. The van der Waals surface area contributed by atoms with E-state index >= 15 is 0 Å². The number of aryl methyl sites for hydroxylation is 1. The van der Waals surface area contributed by atoms with E-state index in [9.17, 15) is 9.59 Å². The van der Waals surface area contributed by atoms with Crippen molar-refractivity contribution in [2.75, 3.05) is 0 Å². The molecule has 1 aromatic rings. The van der Waals surface area contributed by atoms with Crippen molar-refractivity contribution < 1.29 is 9.59 Å². The number of nitrogens with zero attached hydrogens (tertiary/aromatic N) is 3. The molecule has 0 saturated carbocycles. The number of nitrogens with two attached hydrogens (primary N) is 1. The van der Waals surface area contributed by atoms with Gasteiger partial charge in [-0.25, -0.2) is 0 Å². The zero-order valence-electron chi connectivity index (χ0n) is 13.5. The van der Waals surface area contributed by atoms with E-state index in [1.807, 2.05) is 6.92 Å². The quantitative estimate of drug-likeness (QED) is 0.607. The molecule has 1 aromatic heterocycles. The molecule has 0 fully saturated rings. The predicted octanol–water partition coefficient (Wildman–Crippen LogP) is 1.69. The van der Waals surface area contributed by atoms with Crippen LogP contribution in [-0.4, -0.2) is 26.8 Å². The third-order valence-electron chi connectivity index (χ3n) is 3.49. The lowest BCUT2D eigenvalue weighted by atomic mass is 10.1. The summed E-state index contributed by atoms with van der Waals surface area (Å²) in [7, 11) is 0. The Morgan fingerprint density at radius 3 is 2.59 bits per heavy atom. The topological polar surface area (TPSA) is 103 Å². The second-order valence-electron chi connectivity index (χ2n) is 5.45. The highest BCUT2D eigenvalue weighted by molar-refractivity contribution is 5.79. The van der Waals surface area contributed by atoms with E-state index in [1.165, 1.54) is 12.8 Å².